The molecule has 0 spiro atoms. The van der Waals surface area contributed by atoms with Crippen molar-refractivity contribution in [2.75, 3.05) is 26.2 Å². The van der Waals surface area contributed by atoms with E-state index in [9.17, 15) is 19.2 Å². The molecular formula is C21H26N2O6. The van der Waals surface area contributed by atoms with E-state index in [0.29, 0.717) is 19.6 Å². The zero-order valence-corrected chi connectivity index (χ0v) is 17.0. The lowest BCUT2D eigenvalue weighted by molar-refractivity contribution is -0.146. The Morgan fingerprint density at radius 1 is 1.10 bits per heavy atom. The molecule has 2 aliphatic heterocycles. The van der Waals surface area contributed by atoms with Crippen molar-refractivity contribution in [3.05, 3.63) is 34.9 Å². The molecule has 0 saturated carbocycles. The molecule has 0 bridgehead atoms. The number of carbonyl (C=O) groups excluding carboxylic acids is 4. The van der Waals surface area contributed by atoms with Crippen LogP contribution in [0.3, 0.4) is 0 Å². The lowest BCUT2D eigenvalue weighted by Crippen LogP contribution is -2.49. The van der Waals surface area contributed by atoms with Crippen LogP contribution in [0.4, 0.5) is 0 Å². The molecule has 0 unspecified atom stereocenters. The number of amides is 3. The minimum atomic E-state index is -0.706. The predicted octanol–water partition coefficient (Wildman–Crippen LogP) is 1.88. The first-order valence-electron chi connectivity index (χ1n) is 9.92. The highest BCUT2D eigenvalue weighted by Gasteiger charge is 2.35. The fourth-order valence-electron chi connectivity index (χ4n) is 3.62. The first kappa shape index (κ1) is 21.0. The third kappa shape index (κ3) is 4.48. The van der Waals surface area contributed by atoms with Crippen molar-refractivity contribution < 1.29 is 28.7 Å². The number of rotatable bonds is 6. The monoisotopic (exact) mass is 402 g/mol. The smallest absolute Gasteiger partial charge is 0.338 e. The number of hydrogen-bond acceptors (Lipinski definition) is 6. The van der Waals surface area contributed by atoms with Crippen LogP contribution in [0.1, 0.15) is 64.7 Å². The van der Waals surface area contributed by atoms with Gasteiger partial charge in [0, 0.05) is 19.6 Å². The van der Waals surface area contributed by atoms with Crippen LogP contribution in [0.25, 0.3) is 0 Å². The van der Waals surface area contributed by atoms with Crippen LogP contribution in [0.15, 0.2) is 18.2 Å². The maximum absolute atomic E-state index is 12.5. The molecule has 8 nitrogen and oxygen atoms in total. The Bertz CT molecular complexity index is 826. The molecule has 2 aliphatic rings. The topological polar surface area (TPSA) is 93.2 Å². The van der Waals surface area contributed by atoms with Crippen molar-refractivity contribution in [1.29, 1.82) is 0 Å². The molecule has 0 aromatic heterocycles. The van der Waals surface area contributed by atoms with Gasteiger partial charge in [0.25, 0.3) is 17.7 Å². The second-order valence-electron chi connectivity index (χ2n) is 7.51. The van der Waals surface area contributed by atoms with E-state index in [-0.39, 0.29) is 47.3 Å². The van der Waals surface area contributed by atoms with E-state index in [1.165, 1.54) is 23.1 Å². The van der Waals surface area contributed by atoms with Gasteiger partial charge in [0.05, 0.1) is 28.9 Å². The largest absolute Gasteiger partial charge is 0.452 e. The molecule has 1 aromatic rings. The van der Waals surface area contributed by atoms with Crippen LogP contribution in [-0.4, -0.2) is 71.9 Å². The number of unbranched alkanes of at least 4 members (excludes halogenated alkanes) is 1. The van der Waals surface area contributed by atoms with Crippen LogP contribution in [0.2, 0.25) is 0 Å². The number of morpholine rings is 1. The van der Waals surface area contributed by atoms with E-state index in [4.69, 9.17) is 9.47 Å². The van der Waals surface area contributed by atoms with Gasteiger partial charge in [-0.2, -0.15) is 0 Å². The fraction of sp³-hybridized carbons (Fsp3) is 0.524. The molecule has 1 aromatic carbocycles. The third-order valence-electron chi connectivity index (χ3n) is 5.04. The maximum atomic E-state index is 12.5. The molecule has 0 N–H and O–H groups in total. The van der Waals surface area contributed by atoms with Gasteiger partial charge in [0.15, 0.2) is 6.61 Å². The number of nitrogens with zero attached hydrogens (tertiary/aromatic N) is 2. The molecule has 8 heteroatoms. The SMILES string of the molecule is CCCCN1C(=O)c2ccc(C(=O)OCC(=O)N3C[C@@H](C)O[C@H](C)C3)cc2C1=O. The number of benzene rings is 1. The van der Waals surface area contributed by atoms with Crippen molar-refractivity contribution in [1.82, 2.24) is 9.80 Å². The normalized spacial score (nSPS) is 21.3. The second kappa shape index (κ2) is 8.73. The van der Waals surface area contributed by atoms with Crippen LogP contribution in [0, 0.1) is 0 Å². The fourth-order valence-corrected chi connectivity index (χ4v) is 3.62. The summed E-state index contributed by atoms with van der Waals surface area (Å²) in [5.41, 5.74) is 0.622. The van der Waals surface area contributed by atoms with Crippen LogP contribution in [0.5, 0.6) is 0 Å². The van der Waals surface area contributed by atoms with Crippen molar-refractivity contribution in [2.24, 2.45) is 0 Å². The summed E-state index contributed by atoms with van der Waals surface area (Å²) in [4.78, 5) is 52.4. The number of carbonyl (C=O) groups is 4. The average molecular weight is 402 g/mol. The Morgan fingerprint density at radius 3 is 2.41 bits per heavy atom. The minimum absolute atomic E-state index is 0.0747. The van der Waals surface area contributed by atoms with Gasteiger partial charge in [-0.3, -0.25) is 19.3 Å². The molecule has 3 amide bonds. The minimum Gasteiger partial charge on any atom is -0.452 e. The summed E-state index contributed by atoms with van der Waals surface area (Å²) in [5, 5.41) is 0. The van der Waals surface area contributed by atoms with Crippen molar-refractivity contribution in [2.45, 2.75) is 45.8 Å². The van der Waals surface area contributed by atoms with E-state index in [2.05, 4.69) is 0 Å². The average Bonchev–Trinajstić information content (AvgIpc) is 2.93. The van der Waals surface area contributed by atoms with Crippen LogP contribution >= 0.6 is 0 Å². The lowest BCUT2D eigenvalue weighted by atomic mass is 10.1. The first-order chi connectivity index (χ1) is 13.8. The molecule has 1 fully saturated rings. The Morgan fingerprint density at radius 2 is 1.76 bits per heavy atom. The standard InChI is InChI=1S/C21H26N2O6/c1-4-5-8-23-19(25)16-7-6-15(9-17(16)20(23)26)21(27)28-12-18(24)22-10-13(2)29-14(3)11-22/h6-7,9,13-14H,4-5,8,10-12H2,1-3H3/t13-,14-/m1/s1. The molecule has 0 radical (unpaired) electrons. The summed E-state index contributed by atoms with van der Waals surface area (Å²) in [7, 11) is 0. The van der Waals surface area contributed by atoms with Crippen molar-refractivity contribution in [3.8, 4) is 0 Å². The number of hydrogen-bond donors (Lipinski definition) is 0. The van der Waals surface area contributed by atoms with E-state index >= 15 is 0 Å². The van der Waals surface area contributed by atoms with Crippen LogP contribution < -0.4 is 0 Å². The van der Waals surface area contributed by atoms with Gasteiger partial charge in [-0.25, -0.2) is 4.79 Å². The van der Waals surface area contributed by atoms with Crippen LogP contribution in [-0.2, 0) is 14.3 Å². The molecule has 3 rings (SSSR count). The molecule has 156 valence electrons. The maximum Gasteiger partial charge on any atom is 0.338 e. The highest BCUT2D eigenvalue weighted by Crippen LogP contribution is 2.24. The Labute approximate surface area is 169 Å². The van der Waals surface area contributed by atoms with E-state index < -0.39 is 11.9 Å². The Balaban J connectivity index is 1.63. The highest BCUT2D eigenvalue weighted by molar-refractivity contribution is 6.21. The number of esters is 1. The zero-order chi connectivity index (χ0) is 21.1. The molecule has 2 atom stereocenters. The van der Waals surface area contributed by atoms with Gasteiger partial charge in [0.2, 0.25) is 0 Å². The Hall–Kier alpha value is -2.74. The van der Waals surface area contributed by atoms with Crippen molar-refractivity contribution >= 4 is 23.7 Å². The molecular weight excluding hydrogens is 376 g/mol. The van der Waals surface area contributed by atoms with Gasteiger partial charge < -0.3 is 14.4 Å². The number of ether oxygens (including phenoxy) is 2. The second-order valence-corrected chi connectivity index (χ2v) is 7.51. The number of fused-ring (bicyclic) bond motifs is 1. The summed E-state index contributed by atoms with van der Waals surface area (Å²) in [6.07, 6.45) is 1.43. The lowest BCUT2D eigenvalue weighted by Gasteiger charge is -2.35. The number of imide groups is 1. The van der Waals surface area contributed by atoms with Gasteiger partial charge in [-0.15, -0.1) is 0 Å². The summed E-state index contributed by atoms with van der Waals surface area (Å²) < 4.78 is 10.7. The summed E-state index contributed by atoms with van der Waals surface area (Å²) >= 11 is 0. The summed E-state index contributed by atoms with van der Waals surface area (Å²) in [5.74, 6) is -1.74. The Kier molecular flexibility index (Phi) is 6.32. The van der Waals surface area contributed by atoms with Gasteiger partial charge in [-0.05, 0) is 38.5 Å². The first-order valence-corrected chi connectivity index (χ1v) is 9.92. The molecule has 29 heavy (non-hydrogen) atoms. The third-order valence-corrected chi connectivity index (χ3v) is 5.04. The summed E-state index contributed by atoms with van der Waals surface area (Å²) in [6.45, 7) is 6.61. The zero-order valence-electron chi connectivity index (χ0n) is 17.0. The van der Waals surface area contributed by atoms with E-state index in [1.54, 1.807) is 4.90 Å². The van der Waals surface area contributed by atoms with E-state index in [1.807, 2.05) is 20.8 Å². The highest BCUT2D eigenvalue weighted by atomic mass is 16.5. The van der Waals surface area contributed by atoms with Gasteiger partial charge >= 0.3 is 5.97 Å². The predicted molar refractivity (Wildman–Crippen MR) is 104 cm³/mol. The van der Waals surface area contributed by atoms with Gasteiger partial charge in [-0.1, -0.05) is 13.3 Å². The van der Waals surface area contributed by atoms with Gasteiger partial charge in [0.1, 0.15) is 0 Å². The quantitative estimate of drug-likeness (QED) is 0.533. The molecule has 2 heterocycles. The van der Waals surface area contributed by atoms with E-state index in [0.717, 1.165) is 12.8 Å². The van der Waals surface area contributed by atoms with Crippen molar-refractivity contribution in [3.63, 3.8) is 0 Å². The molecule has 1 saturated heterocycles. The summed E-state index contributed by atoms with van der Waals surface area (Å²) in [6, 6.07) is 4.28. The molecule has 0 aliphatic carbocycles.